The number of hydrogen-bond acceptors (Lipinski definition) is 5. The summed E-state index contributed by atoms with van der Waals surface area (Å²) in [5.74, 6) is 0.813. The summed E-state index contributed by atoms with van der Waals surface area (Å²) in [6, 6.07) is 13.8. The molecule has 1 unspecified atom stereocenters. The van der Waals surface area contributed by atoms with E-state index in [1.54, 1.807) is 44.6 Å². The van der Waals surface area contributed by atoms with E-state index in [0.29, 0.717) is 17.9 Å². The van der Waals surface area contributed by atoms with Gasteiger partial charge in [0.05, 0.1) is 31.1 Å². The quantitative estimate of drug-likeness (QED) is 0.602. The molecule has 0 aromatic heterocycles. The third-order valence-electron chi connectivity index (χ3n) is 3.56. The van der Waals surface area contributed by atoms with Crippen LogP contribution in [0.15, 0.2) is 42.5 Å². The Balaban J connectivity index is 2.26. The summed E-state index contributed by atoms with van der Waals surface area (Å²) in [6.07, 6.45) is 0.442. The summed E-state index contributed by atoms with van der Waals surface area (Å²) in [5, 5.41) is 20.2. The number of benzene rings is 2. The molecule has 118 valence electrons. The smallest absolute Gasteiger partial charge is 0.269 e. The van der Waals surface area contributed by atoms with Crippen molar-refractivity contribution in [2.45, 2.75) is 12.3 Å². The first kappa shape index (κ1) is 16.3. The number of nitriles is 1. The van der Waals surface area contributed by atoms with Crippen molar-refractivity contribution < 1.29 is 14.4 Å². The van der Waals surface area contributed by atoms with Crippen LogP contribution in [0.2, 0.25) is 0 Å². The van der Waals surface area contributed by atoms with Gasteiger partial charge in [0.1, 0.15) is 11.5 Å². The van der Waals surface area contributed by atoms with Crippen LogP contribution in [0.3, 0.4) is 0 Å². The van der Waals surface area contributed by atoms with Crippen molar-refractivity contribution >= 4 is 5.69 Å². The maximum atomic E-state index is 10.7. The Hall–Kier alpha value is -3.07. The van der Waals surface area contributed by atoms with Crippen molar-refractivity contribution in [2.75, 3.05) is 14.2 Å². The zero-order valence-corrected chi connectivity index (χ0v) is 12.9. The Morgan fingerprint density at radius 3 is 2.39 bits per heavy atom. The summed E-state index contributed by atoms with van der Waals surface area (Å²) in [6.45, 7) is 0. The largest absolute Gasteiger partial charge is 0.497 e. The van der Waals surface area contributed by atoms with Crippen LogP contribution in [0.4, 0.5) is 5.69 Å². The molecule has 0 aliphatic carbocycles. The highest BCUT2D eigenvalue weighted by atomic mass is 16.6. The van der Waals surface area contributed by atoms with E-state index in [0.717, 1.165) is 11.1 Å². The molecule has 2 aromatic rings. The third-order valence-corrected chi connectivity index (χ3v) is 3.56. The van der Waals surface area contributed by atoms with Crippen LogP contribution in [0, 0.1) is 21.4 Å². The number of nitrogens with zero attached hydrogens (tertiary/aromatic N) is 2. The predicted octanol–water partition coefficient (Wildman–Crippen LogP) is 3.46. The molecule has 6 heteroatoms. The molecule has 1 atom stereocenters. The van der Waals surface area contributed by atoms with Gasteiger partial charge in [-0.1, -0.05) is 18.2 Å². The lowest BCUT2D eigenvalue weighted by molar-refractivity contribution is -0.384. The van der Waals surface area contributed by atoms with E-state index in [9.17, 15) is 15.4 Å². The van der Waals surface area contributed by atoms with Gasteiger partial charge in [0.15, 0.2) is 0 Å². The molecule has 0 aliphatic heterocycles. The molecule has 6 nitrogen and oxygen atoms in total. The molecule has 0 bridgehead atoms. The molecule has 2 rings (SSSR count). The van der Waals surface area contributed by atoms with E-state index >= 15 is 0 Å². The Labute approximate surface area is 134 Å². The van der Waals surface area contributed by atoms with Crippen molar-refractivity contribution in [3.8, 4) is 17.6 Å². The molecule has 23 heavy (non-hydrogen) atoms. The van der Waals surface area contributed by atoms with Crippen LogP contribution in [0.5, 0.6) is 11.5 Å². The normalized spacial score (nSPS) is 11.3. The third kappa shape index (κ3) is 3.77. The second-order valence-corrected chi connectivity index (χ2v) is 4.92. The molecule has 0 aliphatic rings. The summed E-state index contributed by atoms with van der Waals surface area (Å²) >= 11 is 0. The van der Waals surface area contributed by atoms with Crippen molar-refractivity contribution in [1.82, 2.24) is 0 Å². The summed E-state index contributed by atoms with van der Waals surface area (Å²) in [4.78, 5) is 10.2. The van der Waals surface area contributed by atoms with E-state index in [4.69, 9.17) is 9.47 Å². The monoisotopic (exact) mass is 312 g/mol. The Morgan fingerprint density at radius 2 is 1.87 bits per heavy atom. The zero-order valence-electron chi connectivity index (χ0n) is 12.9. The van der Waals surface area contributed by atoms with Gasteiger partial charge in [0.25, 0.3) is 5.69 Å². The van der Waals surface area contributed by atoms with Crippen LogP contribution in [-0.2, 0) is 6.42 Å². The van der Waals surface area contributed by atoms with Gasteiger partial charge in [-0.15, -0.1) is 0 Å². The standard InChI is InChI=1S/C17H16N2O4/c1-22-15-7-8-16(17(10-15)23-2)13(11-18)9-12-3-5-14(6-4-12)19(20)21/h3-8,10,13H,9H2,1-2H3. The van der Waals surface area contributed by atoms with Gasteiger partial charge in [-0.2, -0.15) is 5.26 Å². The molecule has 0 heterocycles. The van der Waals surface area contributed by atoms with Crippen LogP contribution in [-0.4, -0.2) is 19.1 Å². The van der Waals surface area contributed by atoms with E-state index < -0.39 is 10.8 Å². The molecular formula is C17H16N2O4. The molecule has 0 saturated heterocycles. The first-order valence-corrected chi connectivity index (χ1v) is 6.94. The maximum Gasteiger partial charge on any atom is 0.269 e. The summed E-state index contributed by atoms with van der Waals surface area (Å²) in [5.41, 5.74) is 1.64. The first-order valence-electron chi connectivity index (χ1n) is 6.94. The molecule has 0 amide bonds. The van der Waals surface area contributed by atoms with Crippen LogP contribution >= 0.6 is 0 Å². The van der Waals surface area contributed by atoms with Crippen molar-refractivity contribution in [1.29, 1.82) is 5.26 Å². The topological polar surface area (TPSA) is 85.4 Å². The first-order chi connectivity index (χ1) is 11.1. The average Bonchev–Trinajstić information content (AvgIpc) is 2.59. The lowest BCUT2D eigenvalue weighted by Gasteiger charge is -2.15. The fraction of sp³-hybridized carbons (Fsp3) is 0.235. The maximum absolute atomic E-state index is 10.7. The Bertz CT molecular complexity index is 735. The van der Waals surface area contributed by atoms with Gasteiger partial charge >= 0.3 is 0 Å². The van der Waals surface area contributed by atoms with E-state index in [2.05, 4.69) is 6.07 Å². The van der Waals surface area contributed by atoms with E-state index in [1.165, 1.54) is 12.1 Å². The highest BCUT2D eigenvalue weighted by Gasteiger charge is 2.17. The second-order valence-electron chi connectivity index (χ2n) is 4.92. The minimum Gasteiger partial charge on any atom is -0.497 e. The number of nitro benzene ring substituents is 1. The molecule has 0 N–H and O–H groups in total. The molecule has 2 aromatic carbocycles. The minimum atomic E-state index is -0.446. The van der Waals surface area contributed by atoms with Crippen molar-refractivity contribution in [3.05, 3.63) is 63.7 Å². The Kier molecular flexibility index (Phi) is 5.15. The molecule has 0 fully saturated rings. The lowest BCUT2D eigenvalue weighted by Crippen LogP contribution is -2.03. The number of methoxy groups -OCH3 is 2. The molecule has 0 radical (unpaired) electrons. The van der Waals surface area contributed by atoms with Gasteiger partial charge < -0.3 is 9.47 Å². The van der Waals surface area contributed by atoms with Gasteiger partial charge in [-0.05, 0) is 18.1 Å². The van der Waals surface area contributed by atoms with Crippen molar-refractivity contribution in [2.24, 2.45) is 0 Å². The van der Waals surface area contributed by atoms with Crippen molar-refractivity contribution in [3.63, 3.8) is 0 Å². The minimum absolute atomic E-state index is 0.0317. The van der Waals surface area contributed by atoms with E-state index in [-0.39, 0.29) is 5.69 Å². The highest BCUT2D eigenvalue weighted by molar-refractivity contribution is 5.45. The van der Waals surface area contributed by atoms with Crippen LogP contribution < -0.4 is 9.47 Å². The summed E-state index contributed by atoms with van der Waals surface area (Å²) < 4.78 is 10.5. The van der Waals surface area contributed by atoms with Gasteiger partial charge in [-0.3, -0.25) is 10.1 Å². The van der Waals surface area contributed by atoms with Gasteiger partial charge in [0, 0.05) is 23.8 Å². The molecule has 0 saturated carbocycles. The fourth-order valence-electron chi connectivity index (χ4n) is 2.32. The van der Waals surface area contributed by atoms with E-state index in [1.807, 2.05) is 0 Å². The highest BCUT2D eigenvalue weighted by Crippen LogP contribution is 2.32. The number of nitro groups is 1. The Morgan fingerprint density at radius 1 is 1.17 bits per heavy atom. The number of non-ortho nitro benzene ring substituents is 1. The SMILES string of the molecule is COc1ccc(C(C#N)Cc2ccc([N+](=O)[O-])cc2)c(OC)c1. The number of ether oxygens (including phenoxy) is 2. The molecule has 0 spiro atoms. The average molecular weight is 312 g/mol. The predicted molar refractivity (Wildman–Crippen MR) is 84.7 cm³/mol. The van der Waals surface area contributed by atoms with Gasteiger partial charge in [0.2, 0.25) is 0 Å². The zero-order chi connectivity index (χ0) is 16.8. The number of rotatable bonds is 6. The number of hydrogen-bond donors (Lipinski definition) is 0. The lowest BCUT2D eigenvalue weighted by atomic mass is 9.92. The fourth-order valence-corrected chi connectivity index (χ4v) is 2.32. The van der Waals surface area contributed by atoms with Crippen LogP contribution in [0.25, 0.3) is 0 Å². The van der Waals surface area contributed by atoms with Crippen LogP contribution in [0.1, 0.15) is 17.0 Å². The van der Waals surface area contributed by atoms with Gasteiger partial charge in [-0.25, -0.2) is 0 Å². The second kappa shape index (κ2) is 7.27. The molecular weight excluding hydrogens is 296 g/mol. The summed E-state index contributed by atoms with van der Waals surface area (Å²) in [7, 11) is 3.10.